The Kier molecular flexibility index (Phi) is 5.65. The molecule has 1 saturated heterocycles. The molecule has 1 N–H and O–H groups in total. The van der Waals surface area contributed by atoms with Gasteiger partial charge in [0.15, 0.2) is 0 Å². The van der Waals surface area contributed by atoms with Crippen LogP contribution in [-0.2, 0) is 6.54 Å². The third-order valence-corrected chi connectivity index (χ3v) is 5.02. The first-order valence-electron chi connectivity index (χ1n) is 9.18. The third-order valence-electron chi connectivity index (χ3n) is 5.02. The Bertz CT molecular complexity index is 837. The van der Waals surface area contributed by atoms with Gasteiger partial charge in [0.05, 0.1) is 12.2 Å². The molecule has 1 atom stereocenters. The molecule has 0 aliphatic carbocycles. The van der Waals surface area contributed by atoms with E-state index in [4.69, 9.17) is 0 Å². The summed E-state index contributed by atoms with van der Waals surface area (Å²) >= 11 is 0. The average Bonchev–Trinajstić information content (AvgIpc) is 3.12. The predicted molar refractivity (Wildman–Crippen MR) is 104 cm³/mol. The topological polar surface area (TPSA) is 87.1 Å². The van der Waals surface area contributed by atoms with E-state index in [0.717, 1.165) is 42.3 Å². The highest BCUT2D eigenvalue weighted by Gasteiger charge is 2.27. The molecule has 3 rings (SSSR count). The van der Waals surface area contributed by atoms with E-state index >= 15 is 0 Å². The summed E-state index contributed by atoms with van der Waals surface area (Å²) in [5.74, 6) is 1.44. The predicted octanol–water partition coefficient (Wildman–Crippen LogP) is 1.26. The molecule has 0 saturated carbocycles. The van der Waals surface area contributed by atoms with Crippen LogP contribution in [0, 0.1) is 20.8 Å². The van der Waals surface area contributed by atoms with Crippen LogP contribution in [0.3, 0.4) is 0 Å². The molecule has 144 valence electrons. The highest BCUT2D eigenvalue weighted by molar-refractivity contribution is 5.90. The van der Waals surface area contributed by atoms with Gasteiger partial charge in [-0.3, -0.25) is 4.79 Å². The van der Waals surface area contributed by atoms with Crippen molar-refractivity contribution in [3.63, 3.8) is 0 Å². The number of amides is 1. The highest BCUT2D eigenvalue weighted by atomic mass is 16.2. The van der Waals surface area contributed by atoms with Crippen molar-refractivity contribution in [2.24, 2.45) is 0 Å². The molecule has 3 heterocycles. The summed E-state index contributed by atoms with van der Waals surface area (Å²) in [7, 11) is 4.19. The van der Waals surface area contributed by atoms with Crippen molar-refractivity contribution in [3.05, 3.63) is 40.9 Å². The molecule has 0 aromatic carbocycles. The largest absolute Gasteiger partial charge is 0.355 e. The van der Waals surface area contributed by atoms with Crippen molar-refractivity contribution in [1.29, 1.82) is 0 Å². The summed E-state index contributed by atoms with van der Waals surface area (Å²) in [6.45, 7) is 7.91. The minimum Gasteiger partial charge on any atom is -0.355 e. The zero-order valence-electron chi connectivity index (χ0n) is 16.7. The molecule has 0 bridgehead atoms. The van der Waals surface area contributed by atoms with Crippen molar-refractivity contribution in [3.8, 4) is 0 Å². The van der Waals surface area contributed by atoms with E-state index in [1.807, 2.05) is 20.8 Å². The Labute approximate surface area is 160 Å². The number of anilines is 1. The quantitative estimate of drug-likeness (QED) is 0.849. The van der Waals surface area contributed by atoms with E-state index in [2.05, 4.69) is 49.1 Å². The first kappa shape index (κ1) is 19.2. The third kappa shape index (κ3) is 4.39. The van der Waals surface area contributed by atoms with Crippen LogP contribution in [0.2, 0.25) is 0 Å². The van der Waals surface area contributed by atoms with Crippen molar-refractivity contribution in [2.75, 3.05) is 32.1 Å². The molecule has 2 aromatic heterocycles. The van der Waals surface area contributed by atoms with Gasteiger partial charge in [-0.25, -0.2) is 19.9 Å². The lowest BCUT2D eigenvalue weighted by Crippen LogP contribution is -2.33. The molecule has 1 amide bonds. The molecule has 2 aromatic rings. The fourth-order valence-corrected chi connectivity index (χ4v) is 3.23. The van der Waals surface area contributed by atoms with Gasteiger partial charge >= 0.3 is 0 Å². The summed E-state index contributed by atoms with van der Waals surface area (Å²) in [5.41, 5.74) is 2.61. The number of likely N-dealkylation sites (N-methyl/N-ethyl adjacent to an activating group) is 1. The monoisotopic (exact) mass is 369 g/mol. The van der Waals surface area contributed by atoms with E-state index in [1.165, 1.54) is 0 Å². The second-order valence-electron chi connectivity index (χ2n) is 7.21. The maximum atomic E-state index is 12.6. The normalized spacial score (nSPS) is 16.8. The number of nitrogens with one attached hydrogen (secondary N) is 1. The zero-order chi connectivity index (χ0) is 19.6. The van der Waals surface area contributed by atoms with Gasteiger partial charge in [0, 0.05) is 36.6 Å². The van der Waals surface area contributed by atoms with Crippen molar-refractivity contribution in [2.45, 2.75) is 39.8 Å². The number of hydrogen-bond acceptors (Lipinski definition) is 7. The number of carbonyl (C=O) groups is 1. The van der Waals surface area contributed by atoms with Gasteiger partial charge in [0.2, 0.25) is 5.82 Å². The maximum Gasteiger partial charge on any atom is 0.289 e. The molecule has 1 aliphatic heterocycles. The van der Waals surface area contributed by atoms with Crippen LogP contribution < -0.4 is 10.2 Å². The van der Waals surface area contributed by atoms with Gasteiger partial charge in [-0.05, 0) is 47.4 Å². The molecule has 8 heteroatoms. The number of hydrogen-bond donors (Lipinski definition) is 1. The van der Waals surface area contributed by atoms with Gasteiger partial charge in [-0.1, -0.05) is 0 Å². The van der Waals surface area contributed by atoms with Crippen LogP contribution >= 0.6 is 0 Å². The second kappa shape index (κ2) is 7.96. The first-order valence-corrected chi connectivity index (χ1v) is 9.18. The Morgan fingerprint density at radius 1 is 1.26 bits per heavy atom. The Morgan fingerprint density at radius 2 is 2.04 bits per heavy atom. The molecule has 0 unspecified atom stereocenters. The van der Waals surface area contributed by atoms with Crippen molar-refractivity contribution < 1.29 is 4.79 Å². The molecule has 1 fully saturated rings. The molecular formula is C19H27N7O. The summed E-state index contributed by atoms with van der Waals surface area (Å²) in [5, 5.41) is 2.85. The number of aryl methyl sites for hydroxylation is 2. The SMILES string of the molecule is Cc1nccc(CNC(=O)c2nc(C)c(C)c(N3CC[C@@H](N(C)C)C3)n2)n1. The summed E-state index contributed by atoms with van der Waals surface area (Å²) < 4.78 is 0. The standard InChI is InChI=1S/C19H27N7O/c1-12-13(2)22-17(19(27)21-10-15-6-8-20-14(3)23-15)24-18(12)26-9-7-16(11-26)25(4)5/h6,8,16H,7,9-11H2,1-5H3,(H,21,27)/t16-/m1/s1. The van der Waals surface area contributed by atoms with Crippen molar-refractivity contribution >= 4 is 11.7 Å². The number of carbonyl (C=O) groups excluding carboxylic acids is 1. The van der Waals surface area contributed by atoms with Crippen LogP contribution in [0.1, 0.15) is 39.8 Å². The molecule has 27 heavy (non-hydrogen) atoms. The van der Waals surface area contributed by atoms with Gasteiger partial charge in [0.1, 0.15) is 11.6 Å². The fourth-order valence-electron chi connectivity index (χ4n) is 3.23. The van der Waals surface area contributed by atoms with E-state index in [9.17, 15) is 4.79 Å². The van der Waals surface area contributed by atoms with Gasteiger partial charge in [-0.2, -0.15) is 0 Å². The van der Waals surface area contributed by atoms with Gasteiger partial charge in [-0.15, -0.1) is 0 Å². The first-order chi connectivity index (χ1) is 12.8. The number of nitrogens with zero attached hydrogens (tertiary/aromatic N) is 6. The number of rotatable bonds is 5. The van der Waals surface area contributed by atoms with Gasteiger partial charge in [0.25, 0.3) is 5.91 Å². The van der Waals surface area contributed by atoms with Crippen LogP contribution in [0.25, 0.3) is 0 Å². The van der Waals surface area contributed by atoms with E-state index in [0.29, 0.717) is 18.4 Å². The Morgan fingerprint density at radius 3 is 2.70 bits per heavy atom. The molecule has 1 aliphatic rings. The lowest BCUT2D eigenvalue weighted by atomic mass is 10.2. The molecular weight excluding hydrogens is 342 g/mol. The maximum absolute atomic E-state index is 12.6. The minimum atomic E-state index is -0.293. The van der Waals surface area contributed by atoms with Crippen LogP contribution in [-0.4, -0.2) is 64.0 Å². The van der Waals surface area contributed by atoms with E-state index < -0.39 is 0 Å². The number of aromatic nitrogens is 4. The summed E-state index contributed by atoms with van der Waals surface area (Å²) in [6, 6.07) is 2.28. The lowest BCUT2D eigenvalue weighted by Gasteiger charge is -2.23. The van der Waals surface area contributed by atoms with Gasteiger partial charge < -0.3 is 15.1 Å². The van der Waals surface area contributed by atoms with Crippen LogP contribution in [0.4, 0.5) is 5.82 Å². The molecule has 0 spiro atoms. The van der Waals surface area contributed by atoms with E-state index in [1.54, 1.807) is 12.3 Å². The molecule has 0 radical (unpaired) electrons. The minimum absolute atomic E-state index is 0.201. The summed E-state index contributed by atoms with van der Waals surface area (Å²) in [6.07, 6.45) is 2.77. The van der Waals surface area contributed by atoms with Crippen LogP contribution in [0.15, 0.2) is 12.3 Å². The lowest BCUT2D eigenvalue weighted by molar-refractivity contribution is 0.0939. The summed E-state index contributed by atoms with van der Waals surface area (Å²) in [4.78, 5) is 34.4. The smallest absolute Gasteiger partial charge is 0.289 e. The second-order valence-corrected chi connectivity index (χ2v) is 7.21. The van der Waals surface area contributed by atoms with E-state index in [-0.39, 0.29) is 11.7 Å². The Balaban J connectivity index is 1.76. The zero-order valence-corrected chi connectivity index (χ0v) is 16.7. The Hall–Kier alpha value is -2.61. The van der Waals surface area contributed by atoms with Crippen LogP contribution in [0.5, 0.6) is 0 Å². The fraction of sp³-hybridized carbons (Fsp3) is 0.526. The average molecular weight is 369 g/mol. The highest BCUT2D eigenvalue weighted by Crippen LogP contribution is 2.25. The van der Waals surface area contributed by atoms with Crippen molar-refractivity contribution in [1.82, 2.24) is 30.2 Å². The molecule has 8 nitrogen and oxygen atoms in total.